The van der Waals surface area contributed by atoms with E-state index < -0.39 is 68.3 Å². The molecule has 0 heterocycles. The second kappa shape index (κ2) is 7.62. The molecule has 1 aromatic carbocycles. The van der Waals surface area contributed by atoms with E-state index in [1.807, 2.05) is 5.32 Å². The number of nitro benzene ring substituents is 3. The van der Waals surface area contributed by atoms with Crippen LogP contribution in [0, 0.1) is 30.3 Å². The first-order chi connectivity index (χ1) is 11.5. The van der Waals surface area contributed by atoms with Gasteiger partial charge in [-0.05, 0) is 6.42 Å². The second-order valence-electron chi connectivity index (χ2n) is 4.60. The number of benzene rings is 1. The topological polar surface area (TPSA) is 216 Å². The summed E-state index contributed by atoms with van der Waals surface area (Å²) < 4.78 is 0. The van der Waals surface area contributed by atoms with Crippen molar-refractivity contribution in [3.63, 3.8) is 0 Å². The van der Waals surface area contributed by atoms with Crippen LogP contribution in [-0.4, -0.2) is 43.0 Å². The Kier molecular flexibility index (Phi) is 5.86. The Hall–Kier alpha value is -3.84. The quantitative estimate of drug-likeness (QED) is 0.420. The van der Waals surface area contributed by atoms with E-state index in [-0.39, 0.29) is 0 Å². The monoisotopic (exact) mass is 358 g/mol. The SMILES string of the molecule is O=C(O)CC[C@H](Nc1c([N+](=O)[O-])cc([N+](=O)[O-])cc1[N+](=O)[O-])C(=O)O. The smallest absolute Gasteiger partial charge is 0.326 e. The lowest BCUT2D eigenvalue weighted by Crippen LogP contribution is -2.30. The Morgan fingerprint density at radius 3 is 1.80 bits per heavy atom. The maximum atomic E-state index is 11.2. The van der Waals surface area contributed by atoms with Crippen molar-refractivity contribution in [2.45, 2.75) is 18.9 Å². The van der Waals surface area contributed by atoms with Crippen LogP contribution in [0.4, 0.5) is 22.7 Å². The van der Waals surface area contributed by atoms with Gasteiger partial charge in [-0.1, -0.05) is 0 Å². The zero-order valence-corrected chi connectivity index (χ0v) is 12.1. The molecule has 0 amide bonds. The van der Waals surface area contributed by atoms with E-state index in [2.05, 4.69) is 0 Å². The van der Waals surface area contributed by atoms with E-state index in [0.717, 1.165) is 0 Å². The Bertz CT molecular complexity index is 726. The zero-order valence-electron chi connectivity index (χ0n) is 12.1. The van der Waals surface area contributed by atoms with Gasteiger partial charge in [0.1, 0.15) is 6.04 Å². The maximum absolute atomic E-state index is 11.2. The van der Waals surface area contributed by atoms with Crippen LogP contribution < -0.4 is 5.32 Å². The Labute approximate surface area is 137 Å². The van der Waals surface area contributed by atoms with Crippen molar-refractivity contribution in [1.29, 1.82) is 0 Å². The molecule has 0 bridgehead atoms. The molecule has 25 heavy (non-hydrogen) atoms. The van der Waals surface area contributed by atoms with Crippen LogP contribution in [0.1, 0.15) is 12.8 Å². The fourth-order valence-electron chi connectivity index (χ4n) is 1.84. The number of aliphatic carboxylic acids is 2. The predicted molar refractivity (Wildman–Crippen MR) is 78.3 cm³/mol. The highest BCUT2D eigenvalue weighted by atomic mass is 16.6. The van der Waals surface area contributed by atoms with E-state index in [0.29, 0.717) is 12.1 Å². The lowest BCUT2D eigenvalue weighted by Gasteiger charge is -2.14. The molecule has 0 unspecified atom stereocenters. The first-order valence-corrected chi connectivity index (χ1v) is 6.37. The number of carboxylic acids is 2. The first kappa shape index (κ1) is 19.2. The van der Waals surface area contributed by atoms with Gasteiger partial charge in [-0.2, -0.15) is 0 Å². The number of nitrogens with zero attached hydrogens (tertiary/aromatic N) is 3. The molecule has 1 rings (SSSR count). The van der Waals surface area contributed by atoms with Crippen molar-refractivity contribution in [2.75, 3.05) is 5.32 Å². The Morgan fingerprint density at radius 1 is 1.00 bits per heavy atom. The lowest BCUT2D eigenvalue weighted by molar-refractivity contribution is -0.401. The van der Waals surface area contributed by atoms with Gasteiger partial charge in [-0.25, -0.2) is 4.79 Å². The molecule has 0 saturated heterocycles. The van der Waals surface area contributed by atoms with Gasteiger partial charge in [0.25, 0.3) is 5.69 Å². The van der Waals surface area contributed by atoms with Crippen molar-refractivity contribution in [3.8, 4) is 0 Å². The molecule has 0 aromatic heterocycles. The molecule has 1 atom stereocenters. The van der Waals surface area contributed by atoms with E-state index >= 15 is 0 Å². The summed E-state index contributed by atoms with van der Waals surface area (Å²) in [5.41, 5.74) is -3.95. The molecule has 0 saturated carbocycles. The molecular weight excluding hydrogens is 348 g/mol. The maximum Gasteiger partial charge on any atom is 0.326 e. The summed E-state index contributed by atoms with van der Waals surface area (Å²) in [6.45, 7) is 0. The highest BCUT2D eigenvalue weighted by Crippen LogP contribution is 2.39. The fourth-order valence-corrected chi connectivity index (χ4v) is 1.84. The average molecular weight is 358 g/mol. The van der Waals surface area contributed by atoms with Gasteiger partial charge in [0.05, 0.1) is 26.9 Å². The summed E-state index contributed by atoms with van der Waals surface area (Å²) in [4.78, 5) is 51.2. The highest BCUT2D eigenvalue weighted by Gasteiger charge is 2.33. The van der Waals surface area contributed by atoms with Crippen molar-refractivity contribution >= 4 is 34.7 Å². The zero-order chi connectivity index (χ0) is 19.3. The van der Waals surface area contributed by atoms with Gasteiger partial charge in [-0.3, -0.25) is 35.1 Å². The minimum Gasteiger partial charge on any atom is -0.481 e. The third-order valence-electron chi connectivity index (χ3n) is 2.95. The van der Waals surface area contributed by atoms with Crippen LogP contribution in [0.25, 0.3) is 0 Å². The number of nitrogens with one attached hydrogen (secondary N) is 1. The van der Waals surface area contributed by atoms with Gasteiger partial charge >= 0.3 is 23.3 Å². The Balaban J connectivity index is 3.46. The number of hydrogen-bond donors (Lipinski definition) is 3. The molecule has 14 nitrogen and oxygen atoms in total. The molecule has 14 heteroatoms. The summed E-state index contributed by atoms with van der Waals surface area (Å²) in [7, 11) is 0. The van der Waals surface area contributed by atoms with Crippen molar-refractivity contribution in [2.24, 2.45) is 0 Å². The third kappa shape index (κ3) is 4.81. The number of hydrogen-bond acceptors (Lipinski definition) is 9. The van der Waals surface area contributed by atoms with E-state index in [9.17, 15) is 39.9 Å². The minimum atomic E-state index is -1.70. The standard InChI is InChI=1S/C11H10N4O10/c16-9(17)2-1-6(11(18)19)12-10-7(14(22)23)3-5(13(20)21)4-8(10)15(24)25/h3-4,6,12H,1-2H2,(H,16,17)(H,18,19)/t6-/m0/s1. The van der Waals surface area contributed by atoms with E-state index in [1.54, 1.807) is 0 Å². The van der Waals surface area contributed by atoms with Gasteiger partial charge < -0.3 is 15.5 Å². The highest BCUT2D eigenvalue weighted by molar-refractivity contribution is 5.84. The first-order valence-electron chi connectivity index (χ1n) is 6.37. The van der Waals surface area contributed by atoms with E-state index in [1.165, 1.54) is 0 Å². The average Bonchev–Trinajstić information content (AvgIpc) is 2.49. The summed E-state index contributed by atoms with van der Waals surface area (Å²) in [6.07, 6.45) is -1.16. The summed E-state index contributed by atoms with van der Waals surface area (Å²) in [6, 6.07) is -0.827. The number of non-ortho nitro benzene ring substituents is 1. The molecule has 3 N–H and O–H groups in total. The number of rotatable bonds is 9. The molecule has 0 fully saturated rings. The molecule has 0 spiro atoms. The number of nitro groups is 3. The normalized spacial score (nSPS) is 11.4. The van der Waals surface area contributed by atoms with Crippen LogP contribution >= 0.6 is 0 Å². The summed E-state index contributed by atoms with van der Waals surface area (Å²) >= 11 is 0. The lowest BCUT2D eigenvalue weighted by atomic mass is 10.1. The van der Waals surface area contributed by atoms with Crippen LogP contribution in [-0.2, 0) is 9.59 Å². The van der Waals surface area contributed by atoms with Gasteiger partial charge in [0, 0.05) is 6.42 Å². The van der Waals surface area contributed by atoms with Crippen molar-refractivity contribution < 1.29 is 34.6 Å². The molecule has 0 aliphatic carbocycles. The fraction of sp³-hybridized carbons (Fsp3) is 0.273. The molecule has 134 valence electrons. The van der Waals surface area contributed by atoms with Crippen molar-refractivity contribution in [1.82, 2.24) is 0 Å². The van der Waals surface area contributed by atoms with Crippen LogP contribution in [0.2, 0.25) is 0 Å². The van der Waals surface area contributed by atoms with Gasteiger partial charge in [0.2, 0.25) is 0 Å². The molecular formula is C11H10N4O10. The van der Waals surface area contributed by atoms with Crippen LogP contribution in [0.5, 0.6) is 0 Å². The largest absolute Gasteiger partial charge is 0.481 e. The molecule has 0 aliphatic heterocycles. The van der Waals surface area contributed by atoms with Crippen LogP contribution in [0.3, 0.4) is 0 Å². The summed E-state index contributed by atoms with van der Waals surface area (Å²) in [5, 5.41) is 52.5. The van der Waals surface area contributed by atoms with Gasteiger partial charge in [0.15, 0.2) is 5.69 Å². The number of anilines is 1. The predicted octanol–water partition coefficient (Wildman–Crippen LogP) is 1.14. The van der Waals surface area contributed by atoms with Crippen LogP contribution in [0.15, 0.2) is 12.1 Å². The minimum absolute atomic E-state index is 0.436. The number of carboxylic acid groups (broad SMARTS) is 2. The molecule has 0 radical (unpaired) electrons. The molecule has 0 aliphatic rings. The number of carbonyl (C=O) groups is 2. The summed E-state index contributed by atoms with van der Waals surface area (Å²) in [5.74, 6) is -2.95. The van der Waals surface area contributed by atoms with Crippen molar-refractivity contribution in [3.05, 3.63) is 42.5 Å². The van der Waals surface area contributed by atoms with E-state index in [4.69, 9.17) is 10.2 Å². The molecule has 1 aromatic rings. The van der Waals surface area contributed by atoms with Gasteiger partial charge in [-0.15, -0.1) is 0 Å². The Morgan fingerprint density at radius 2 is 1.48 bits per heavy atom. The third-order valence-corrected chi connectivity index (χ3v) is 2.95. The second-order valence-corrected chi connectivity index (χ2v) is 4.60.